The van der Waals surface area contributed by atoms with Crippen molar-refractivity contribution in [1.29, 1.82) is 0 Å². The first kappa shape index (κ1) is 13.0. The van der Waals surface area contributed by atoms with Gasteiger partial charge in [0.15, 0.2) is 0 Å². The van der Waals surface area contributed by atoms with Gasteiger partial charge in [-0.25, -0.2) is 4.39 Å². The first-order valence-corrected chi connectivity index (χ1v) is 7.23. The second-order valence-electron chi connectivity index (χ2n) is 5.46. The number of piperazine rings is 1. The lowest BCUT2D eigenvalue weighted by Gasteiger charge is -2.41. The summed E-state index contributed by atoms with van der Waals surface area (Å²) in [6.45, 7) is 9.62. The molecule has 4 heteroatoms. The molecule has 3 nitrogen and oxygen atoms in total. The topological polar surface area (TPSA) is 18.5 Å². The van der Waals surface area contributed by atoms with Crippen LogP contribution < -0.4 is 5.32 Å². The Kier molecular flexibility index (Phi) is 3.82. The monoisotopic (exact) mass is 263 g/mol. The number of fused-ring (bicyclic) bond motifs is 1. The number of rotatable bonds is 2. The van der Waals surface area contributed by atoms with E-state index in [9.17, 15) is 4.39 Å². The predicted octanol–water partition coefficient (Wildman–Crippen LogP) is 1.61. The van der Waals surface area contributed by atoms with Gasteiger partial charge in [0.25, 0.3) is 0 Å². The van der Waals surface area contributed by atoms with Crippen LogP contribution in [0.1, 0.15) is 24.1 Å². The third-order valence-corrected chi connectivity index (χ3v) is 4.41. The van der Waals surface area contributed by atoms with Gasteiger partial charge in [0, 0.05) is 45.3 Å². The van der Waals surface area contributed by atoms with Crippen LogP contribution in [0.25, 0.3) is 0 Å². The van der Waals surface area contributed by atoms with Gasteiger partial charge in [-0.1, -0.05) is 13.0 Å². The van der Waals surface area contributed by atoms with E-state index in [2.05, 4.69) is 22.0 Å². The minimum absolute atomic E-state index is 0.128. The van der Waals surface area contributed by atoms with Gasteiger partial charge in [-0.05, 0) is 29.8 Å². The van der Waals surface area contributed by atoms with E-state index >= 15 is 0 Å². The molecule has 1 saturated heterocycles. The number of hydrogen-bond acceptors (Lipinski definition) is 3. The zero-order chi connectivity index (χ0) is 13.2. The number of halogens is 1. The summed E-state index contributed by atoms with van der Waals surface area (Å²) in [6.07, 6.45) is 0. The molecule has 2 heterocycles. The van der Waals surface area contributed by atoms with Gasteiger partial charge in [-0.3, -0.25) is 4.90 Å². The zero-order valence-corrected chi connectivity index (χ0v) is 11.5. The molecule has 2 aliphatic rings. The molecule has 0 radical (unpaired) electrons. The van der Waals surface area contributed by atoms with Crippen molar-refractivity contribution in [3.8, 4) is 0 Å². The lowest BCUT2D eigenvalue weighted by atomic mass is 9.95. The van der Waals surface area contributed by atoms with Gasteiger partial charge in [0.1, 0.15) is 5.82 Å². The van der Waals surface area contributed by atoms with Crippen molar-refractivity contribution in [1.82, 2.24) is 15.1 Å². The molecule has 0 aliphatic carbocycles. The van der Waals surface area contributed by atoms with E-state index in [-0.39, 0.29) is 5.82 Å². The van der Waals surface area contributed by atoms with E-state index in [0.29, 0.717) is 6.04 Å². The molecule has 104 valence electrons. The summed E-state index contributed by atoms with van der Waals surface area (Å²) in [5.74, 6) is -0.128. The van der Waals surface area contributed by atoms with E-state index in [1.165, 1.54) is 5.56 Å². The highest BCUT2D eigenvalue weighted by atomic mass is 19.1. The summed E-state index contributed by atoms with van der Waals surface area (Å²) < 4.78 is 13.3. The minimum Gasteiger partial charge on any atom is -0.311 e. The first-order valence-electron chi connectivity index (χ1n) is 7.23. The van der Waals surface area contributed by atoms with Crippen LogP contribution in [0.15, 0.2) is 18.2 Å². The molecule has 1 N–H and O–H groups in total. The number of benzene rings is 1. The molecular weight excluding hydrogens is 241 g/mol. The van der Waals surface area contributed by atoms with Crippen LogP contribution in [0, 0.1) is 5.82 Å². The number of likely N-dealkylation sites (N-methyl/N-ethyl adjacent to an activating group) is 1. The van der Waals surface area contributed by atoms with E-state index in [0.717, 1.165) is 51.4 Å². The Balaban J connectivity index is 1.77. The van der Waals surface area contributed by atoms with E-state index < -0.39 is 0 Å². The maximum atomic E-state index is 13.3. The normalized spacial score (nSPS) is 25.3. The van der Waals surface area contributed by atoms with Crippen LogP contribution in [0.5, 0.6) is 0 Å². The molecule has 1 aromatic rings. The van der Waals surface area contributed by atoms with Crippen molar-refractivity contribution < 1.29 is 4.39 Å². The molecule has 0 bridgehead atoms. The summed E-state index contributed by atoms with van der Waals surface area (Å²) in [7, 11) is 0. The quantitative estimate of drug-likeness (QED) is 0.874. The fourth-order valence-corrected chi connectivity index (χ4v) is 3.22. The Morgan fingerprint density at radius 3 is 2.79 bits per heavy atom. The van der Waals surface area contributed by atoms with E-state index in [4.69, 9.17) is 0 Å². The molecule has 2 aliphatic heterocycles. The van der Waals surface area contributed by atoms with Gasteiger partial charge in [0.2, 0.25) is 0 Å². The Morgan fingerprint density at radius 2 is 2.05 bits per heavy atom. The van der Waals surface area contributed by atoms with E-state index in [1.54, 1.807) is 12.1 Å². The summed E-state index contributed by atoms with van der Waals surface area (Å²) in [4.78, 5) is 5.02. The fourth-order valence-electron chi connectivity index (χ4n) is 3.22. The molecule has 1 fully saturated rings. The molecule has 0 unspecified atom stereocenters. The molecule has 0 spiro atoms. The minimum atomic E-state index is -0.128. The summed E-state index contributed by atoms with van der Waals surface area (Å²) in [5, 5.41) is 3.42. The van der Waals surface area contributed by atoms with Crippen molar-refractivity contribution in [3.05, 3.63) is 35.1 Å². The van der Waals surface area contributed by atoms with Gasteiger partial charge in [-0.2, -0.15) is 0 Å². The van der Waals surface area contributed by atoms with Crippen LogP contribution >= 0.6 is 0 Å². The highest BCUT2D eigenvalue weighted by Crippen LogP contribution is 2.28. The Bertz CT molecular complexity index is 441. The summed E-state index contributed by atoms with van der Waals surface area (Å²) >= 11 is 0. The molecule has 1 aromatic carbocycles. The Labute approximate surface area is 114 Å². The fraction of sp³-hybridized carbons (Fsp3) is 0.600. The molecule has 0 amide bonds. The predicted molar refractivity (Wildman–Crippen MR) is 74.5 cm³/mol. The molecule has 19 heavy (non-hydrogen) atoms. The number of nitrogens with one attached hydrogen (secondary N) is 1. The third-order valence-electron chi connectivity index (χ3n) is 4.41. The SMILES string of the molecule is CCN1CCN([C@H]2CNCc3cc(F)ccc32)CC1. The van der Waals surface area contributed by atoms with Crippen LogP contribution in [-0.4, -0.2) is 49.1 Å². The molecule has 0 aromatic heterocycles. The van der Waals surface area contributed by atoms with Crippen LogP contribution in [0.2, 0.25) is 0 Å². The number of nitrogens with zero attached hydrogens (tertiary/aromatic N) is 2. The lowest BCUT2D eigenvalue weighted by Crippen LogP contribution is -2.50. The van der Waals surface area contributed by atoms with Gasteiger partial charge >= 0.3 is 0 Å². The van der Waals surface area contributed by atoms with Gasteiger partial charge < -0.3 is 10.2 Å². The summed E-state index contributed by atoms with van der Waals surface area (Å²) in [5.41, 5.74) is 2.43. The van der Waals surface area contributed by atoms with Crippen molar-refractivity contribution in [2.75, 3.05) is 39.3 Å². The average molecular weight is 263 g/mol. The van der Waals surface area contributed by atoms with Crippen LogP contribution in [-0.2, 0) is 6.54 Å². The second kappa shape index (κ2) is 5.57. The van der Waals surface area contributed by atoms with Crippen molar-refractivity contribution in [2.24, 2.45) is 0 Å². The largest absolute Gasteiger partial charge is 0.311 e. The Morgan fingerprint density at radius 1 is 1.26 bits per heavy atom. The van der Waals surface area contributed by atoms with Crippen molar-refractivity contribution in [3.63, 3.8) is 0 Å². The molecule has 0 saturated carbocycles. The lowest BCUT2D eigenvalue weighted by molar-refractivity contribution is 0.0949. The summed E-state index contributed by atoms with van der Waals surface area (Å²) in [6, 6.07) is 5.65. The molecule has 3 rings (SSSR count). The zero-order valence-electron chi connectivity index (χ0n) is 11.5. The third kappa shape index (κ3) is 2.66. The Hall–Kier alpha value is -0.970. The number of hydrogen-bond donors (Lipinski definition) is 1. The second-order valence-corrected chi connectivity index (χ2v) is 5.46. The molecular formula is C15H22FN3. The van der Waals surface area contributed by atoms with Crippen molar-refractivity contribution >= 4 is 0 Å². The van der Waals surface area contributed by atoms with Gasteiger partial charge in [0.05, 0.1) is 0 Å². The van der Waals surface area contributed by atoms with Crippen LogP contribution in [0.3, 0.4) is 0 Å². The average Bonchev–Trinajstić information content (AvgIpc) is 2.46. The highest BCUT2D eigenvalue weighted by Gasteiger charge is 2.28. The van der Waals surface area contributed by atoms with Crippen LogP contribution in [0.4, 0.5) is 4.39 Å². The standard InChI is InChI=1S/C15H22FN3/c1-2-18-5-7-19(8-6-18)15-11-17-10-12-9-13(16)3-4-14(12)15/h3-4,9,15,17H,2,5-8,10-11H2,1H3/t15-/m0/s1. The van der Waals surface area contributed by atoms with Crippen molar-refractivity contribution in [2.45, 2.75) is 19.5 Å². The van der Waals surface area contributed by atoms with Gasteiger partial charge in [-0.15, -0.1) is 0 Å². The first-order chi connectivity index (χ1) is 9.28. The maximum Gasteiger partial charge on any atom is 0.123 e. The van der Waals surface area contributed by atoms with E-state index in [1.807, 2.05) is 6.07 Å². The highest BCUT2D eigenvalue weighted by molar-refractivity contribution is 5.33. The molecule has 1 atom stereocenters. The smallest absolute Gasteiger partial charge is 0.123 e. The maximum absolute atomic E-state index is 13.3.